The number of aromatic amines is 1. The fourth-order valence-electron chi connectivity index (χ4n) is 3.02. The number of carbonyl (C=O) groups is 2. The van der Waals surface area contributed by atoms with E-state index in [1.807, 2.05) is 32.0 Å². The number of para-hydroxylation sites is 1. The van der Waals surface area contributed by atoms with Gasteiger partial charge in [0.1, 0.15) is 5.82 Å². The van der Waals surface area contributed by atoms with Crippen LogP contribution in [0.15, 0.2) is 42.5 Å². The third-order valence-corrected chi connectivity index (χ3v) is 4.69. The average Bonchev–Trinajstić information content (AvgIpc) is 2.96. The maximum atomic E-state index is 14.4. The predicted molar refractivity (Wildman–Crippen MR) is 106 cm³/mol. The summed E-state index contributed by atoms with van der Waals surface area (Å²) in [6, 6.07) is 11.8. The average molecular weight is 367 g/mol. The Morgan fingerprint density at radius 3 is 2.52 bits per heavy atom. The van der Waals surface area contributed by atoms with Crippen LogP contribution in [0.5, 0.6) is 0 Å². The molecule has 0 spiro atoms. The molecule has 5 nitrogen and oxygen atoms in total. The highest BCUT2D eigenvalue weighted by Crippen LogP contribution is 2.25. The van der Waals surface area contributed by atoms with Gasteiger partial charge >= 0.3 is 0 Å². The van der Waals surface area contributed by atoms with E-state index in [0.29, 0.717) is 22.3 Å². The van der Waals surface area contributed by atoms with Crippen molar-refractivity contribution in [3.8, 4) is 0 Å². The maximum Gasteiger partial charge on any atom is 0.296 e. The topological polar surface area (TPSA) is 65.2 Å². The van der Waals surface area contributed by atoms with Gasteiger partial charge in [0.25, 0.3) is 11.7 Å². The monoisotopic (exact) mass is 367 g/mol. The molecule has 0 aliphatic carbocycles. The predicted octanol–water partition coefficient (Wildman–Crippen LogP) is 4.28. The Hall–Kier alpha value is -3.15. The summed E-state index contributed by atoms with van der Waals surface area (Å²) in [5, 5.41) is 3.19. The van der Waals surface area contributed by atoms with Crippen LogP contribution < -0.4 is 10.2 Å². The van der Waals surface area contributed by atoms with Crippen molar-refractivity contribution in [2.24, 2.45) is 0 Å². The zero-order valence-corrected chi connectivity index (χ0v) is 15.8. The van der Waals surface area contributed by atoms with Crippen LogP contribution in [0, 0.1) is 12.7 Å². The highest BCUT2D eigenvalue weighted by atomic mass is 19.1. The molecule has 0 bridgehead atoms. The Labute approximate surface area is 157 Å². The van der Waals surface area contributed by atoms with Gasteiger partial charge in [-0.25, -0.2) is 4.39 Å². The van der Waals surface area contributed by atoms with Crippen molar-refractivity contribution in [2.45, 2.75) is 26.8 Å². The van der Waals surface area contributed by atoms with E-state index in [1.54, 1.807) is 37.1 Å². The van der Waals surface area contributed by atoms with Crippen LogP contribution in [0.2, 0.25) is 0 Å². The number of amides is 1. The van der Waals surface area contributed by atoms with E-state index in [-0.39, 0.29) is 11.7 Å². The van der Waals surface area contributed by atoms with E-state index in [0.717, 1.165) is 5.52 Å². The molecule has 0 radical (unpaired) electrons. The van der Waals surface area contributed by atoms with Gasteiger partial charge in [-0.2, -0.15) is 0 Å². The van der Waals surface area contributed by atoms with Crippen molar-refractivity contribution in [1.29, 1.82) is 0 Å². The van der Waals surface area contributed by atoms with Crippen molar-refractivity contribution >= 4 is 34.0 Å². The molecule has 0 unspecified atom stereocenters. The Bertz CT molecular complexity index is 1020. The molecule has 140 valence electrons. The van der Waals surface area contributed by atoms with Gasteiger partial charge < -0.3 is 15.2 Å². The second-order valence-electron chi connectivity index (χ2n) is 6.82. The third-order valence-electron chi connectivity index (χ3n) is 4.69. The summed E-state index contributed by atoms with van der Waals surface area (Å²) in [5.41, 5.74) is 2.42. The number of carbonyl (C=O) groups excluding carboxylic acids is 2. The number of nitrogens with one attached hydrogen (secondary N) is 2. The van der Waals surface area contributed by atoms with E-state index in [2.05, 4.69) is 10.3 Å². The van der Waals surface area contributed by atoms with Gasteiger partial charge in [0.05, 0.1) is 11.3 Å². The number of benzene rings is 2. The lowest BCUT2D eigenvalue weighted by atomic mass is 10.1. The summed E-state index contributed by atoms with van der Waals surface area (Å²) in [7, 11) is 1.80. The molecule has 0 fully saturated rings. The number of hydrogen-bond donors (Lipinski definition) is 2. The van der Waals surface area contributed by atoms with Crippen LogP contribution in [0.4, 0.5) is 15.8 Å². The quantitative estimate of drug-likeness (QED) is 0.522. The minimum absolute atomic E-state index is 0.131. The fourth-order valence-corrected chi connectivity index (χ4v) is 3.02. The van der Waals surface area contributed by atoms with Crippen LogP contribution in [0.25, 0.3) is 10.9 Å². The number of fused-ring (bicyclic) bond motifs is 1. The molecule has 3 aromatic rings. The number of aromatic nitrogens is 1. The van der Waals surface area contributed by atoms with E-state index in [9.17, 15) is 14.0 Å². The number of hydrogen-bond acceptors (Lipinski definition) is 3. The van der Waals surface area contributed by atoms with Crippen LogP contribution in [-0.4, -0.2) is 29.8 Å². The molecule has 0 aliphatic heterocycles. The highest BCUT2D eigenvalue weighted by Gasteiger charge is 2.23. The van der Waals surface area contributed by atoms with Crippen LogP contribution >= 0.6 is 0 Å². The molecule has 27 heavy (non-hydrogen) atoms. The van der Waals surface area contributed by atoms with E-state index < -0.39 is 17.5 Å². The van der Waals surface area contributed by atoms with E-state index in [4.69, 9.17) is 0 Å². The number of H-pyrrole nitrogens is 1. The fraction of sp³-hybridized carbons (Fsp3) is 0.238. The first-order chi connectivity index (χ1) is 12.8. The molecular weight excluding hydrogens is 345 g/mol. The van der Waals surface area contributed by atoms with Crippen molar-refractivity contribution in [3.63, 3.8) is 0 Å². The van der Waals surface area contributed by atoms with Crippen molar-refractivity contribution < 1.29 is 14.0 Å². The highest BCUT2D eigenvalue weighted by molar-refractivity contribution is 6.48. The normalized spacial score (nSPS) is 11.0. The molecule has 0 saturated carbocycles. The molecule has 3 rings (SSSR count). The first kappa shape index (κ1) is 18.6. The minimum Gasteiger partial charge on any atom is -0.370 e. The molecule has 2 N–H and O–H groups in total. The standard InChI is InChI=1S/C21H22FN3O2/c1-12(2)25(4)18-10-9-14(11-16(18)22)24-21(27)20(26)19-13(3)23-17-8-6-5-7-15(17)19/h5-12,23H,1-4H3,(H,24,27). The first-order valence-electron chi connectivity index (χ1n) is 8.75. The second kappa shape index (κ2) is 7.23. The summed E-state index contributed by atoms with van der Waals surface area (Å²) in [5.74, 6) is -1.92. The molecular formula is C21H22FN3O2. The second-order valence-corrected chi connectivity index (χ2v) is 6.82. The summed E-state index contributed by atoms with van der Waals surface area (Å²) < 4.78 is 14.4. The van der Waals surface area contributed by atoms with Gasteiger partial charge in [0, 0.05) is 35.4 Å². The first-order valence-corrected chi connectivity index (χ1v) is 8.75. The SMILES string of the molecule is Cc1[nH]c2ccccc2c1C(=O)C(=O)Nc1ccc(N(C)C(C)C)c(F)c1. The van der Waals surface area contributed by atoms with Crippen molar-refractivity contribution in [3.05, 3.63) is 59.5 Å². The molecule has 1 aromatic heterocycles. The number of Topliss-reactive ketones (excluding diaryl/α,β-unsaturated/α-hetero) is 1. The number of aryl methyl sites for hydroxylation is 1. The largest absolute Gasteiger partial charge is 0.370 e. The van der Waals surface area contributed by atoms with Gasteiger partial charge in [0.2, 0.25) is 0 Å². The van der Waals surface area contributed by atoms with Crippen LogP contribution in [0.1, 0.15) is 29.9 Å². The summed E-state index contributed by atoms with van der Waals surface area (Å²) in [6.07, 6.45) is 0. The number of rotatable bonds is 5. The Kier molecular flexibility index (Phi) is 4.99. The summed E-state index contributed by atoms with van der Waals surface area (Å²) in [4.78, 5) is 30.0. The minimum atomic E-state index is -0.799. The lowest BCUT2D eigenvalue weighted by Gasteiger charge is -2.24. The molecule has 2 aromatic carbocycles. The maximum absolute atomic E-state index is 14.4. The Morgan fingerprint density at radius 1 is 1.15 bits per heavy atom. The van der Waals surface area contributed by atoms with Gasteiger partial charge in [-0.3, -0.25) is 9.59 Å². The third kappa shape index (κ3) is 3.56. The lowest BCUT2D eigenvalue weighted by molar-refractivity contribution is -0.112. The molecule has 1 amide bonds. The van der Waals surface area contributed by atoms with E-state index in [1.165, 1.54) is 6.07 Å². The van der Waals surface area contributed by atoms with Gasteiger partial charge in [-0.1, -0.05) is 18.2 Å². The molecule has 0 aliphatic rings. The molecule has 1 heterocycles. The summed E-state index contributed by atoms with van der Waals surface area (Å²) >= 11 is 0. The van der Waals surface area contributed by atoms with Gasteiger partial charge in [-0.05, 0) is 45.0 Å². The van der Waals surface area contributed by atoms with Crippen molar-refractivity contribution in [1.82, 2.24) is 4.98 Å². The molecule has 6 heteroatoms. The molecule has 0 atom stereocenters. The smallest absolute Gasteiger partial charge is 0.296 e. The number of ketones is 1. The van der Waals surface area contributed by atoms with Crippen LogP contribution in [-0.2, 0) is 4.79 Å². The number of anilines is 2. The molecule has 0 saturated heterocycles. The lowest BCUT2D eigenvalue weighted by Crippen LogP contribution is -2.27. The van der Waals surface area contributed by atoms with Gasteiger partial charge in [-0.15, -0.1) is 0 Å². The zero-order chi connectivity index (χ0) is 19.7. The Morgan fingerprint density at radius 2 is 1.85 bits per heavy atom. The number of halogens is 1. The zero-order valence-electron chi connectivity index (χ0n) is 15.8. The van der Waals surface area contributed by atoms with Crippen LogP contribution in [0.3, 0.4) is 0 Å². The Balaban J connectivity index is 1.84. The van der Waals surface area contributed by atoms with Crippen molar-refractivity contribution in [2.75, 3.05) is 17.3 Å². The number of nitrogens with zero attached hydrogens (tertiary/aromatic N) is 1. The van der Waals surface area contributed by atoms with E-state index >= 15 is 0 Å². The van der Waals surface area contributed by atoms with Gasteiger partial charge in [0.15, 0.2) is 0 Å². The summed E-state index contributed by atoms with van der Waals surface area (Å²) in [6.45, 7) is 5.66.